The van der Waals surface area contributed by atoms with Crippen LogP contribution in [0.3, 0.4) is 0 Å². The van der Waals surface area contributed by atoms with E-state index in [2.05, 4.69) is 24.5 Å². The molecule has 0 spiro atoms. The van der Waals surface area contributed by atoms with Crippen molar-refractivity contribution in [1.82, 2.24) is 15.7 Å². The molecule has 1 saturated carbocycles. The Morgan fingerprint density at radius 1 is 1.09 bits per heavy atom. The van der Waals surface area contributed by atoms with Crippen LogP contribution in [0.5, 0.6) is 0 Å². The van der Waals surface area contributed by atoms with Crippen molar-refractivity contribution in [2.24, 2.45) is 11.3 Å². The quantitative estimate of drug-likeness (QED) is 0.459. The molecule has 1 atom stereocenters. The number of carbonyl (C=O) groups is 2. The summed E-state index contributed by atoms with van der Waals surface area (Å²) in [6.07, 6.45) is 9.18. The topological polar surface area (TPSA) is 93.7 Å². The van der Waals surface area contributed by atoms with Gasteiger partial charge in [-0.3, -0.25) is 4.79 Å². The minimum absolute atomic E-state index is 0.0396. The van der Waals surface area contributed by atoms with Crippen LogP contribution in [0.25, 0.3) is 0 Å². The molecule has 0 bridgehead atoms. The summed E-state index contributed by atoms with van der Waals surface area (Å²) in [4.78, 5) is 26.0. The van der Waals surface area contributed by atoms with Gasteiger partial charge in [0.2, 0.25) is 5.91 Å². The summed E-state index contributed by atoms with van der Waals surface area (Å²) in [7, 11) is 0. The predicted octanol–water partition coefficient (Wildman–Crippen LogP) is 5.68. The van der Waals surface area contributed by atoms with Crippen molar-refractivity contribution >= 4 is 12.0 Å². The Kier molecular flexibility index (Phi) is 8.90. The molecule has 0 radical (unpaired) electrons. The van der Waals surface area contributed by atoms with Crippen LogP contribution in [0.4, 0.5) is 4.79 Å². The summed E-state index contributed by atoms with van der Waals surface area (Å²) in [6, 6.07) is -0.249. The van der Waals surface area contributed by atoms with Gasteiger partial charge in [0.25, 0.3) is 0 Å². The monoisotopic (exact) mass is 478 g/mol. The number of amides is 2. The zero-order chi connectivity index (χ0) is 25.9. The molecule has 2 N–H and O–H groups in total. The first-order chi connectivity index (χ1) is 15.5. The molecule has 7 heteroatoms. The van der Waals surface area contributed by atoms with E-state index in [0.717, 1.165) is 32.1 Å². The largest absolute Gasteiger partial charge is 0.784 e. The predicted molar refractivity (Wildman–Crippen MR) is 137 cm³/mol. The lowest BCUT2D eigenvalue weighted by Crippen LogP contribution is -2.62. The number of hydrogen-bond donors (Lipinski definition) is 2. The van der Waals surface area contributed by atoms with Crippen LogP contribution in [0, 0.1) is 16.5 Å². The van der Waals surface area contributed by atoms with Crippen molar-refractivity contribution in [1.29, 1.82) is 0 Å². The molecular formula is C27H48N3O4-. The number of piperidine rings is 1. The fourth-order valence-electron chi connectivity index (χ4n) is 5.62. The molecule has 34 heavy (non-hydrogen) atoms. The third-order valence-corrected chi connectivity index (χ3v) is 6.95. The van der Waals surface area contributed by atoms with E-state index in [9.17, 15) is 14.8 Å². The second-order valence-electron chi connectivity index (χ2n) is 13.1. The summed E-state index contributed by atoms with van der Waals surface area (Å²) >= 11 is 0. The number of nitrogens with zero attached hydrogens (tertiary/aromatic N) is 1. The summed E-state index contributed by atoms with van der Waals surface area (Å²) in [5.41, 5.74) is -2.20. The Labute approximate surface area is 207 Å². The number of carbonyl (C=O) groups excluding carboxylic acids is 2. The average molecular weight is 479 g/mol. The maximum Gasteiger partial charge on any atom is 0.408 e. The zero-order valence-corrected chi connectivity index (χ0v) is 22.9. The Morgan fingerprint density at radius 2 is 1.62 bits per heavy atom. The third kappa shape index (κ3) is 7.70. The van der Waals surface area contributed by atoms with Gasteiger partial charge in [0.1, 0.15) is 5.60 Å². The summed E-state index contributed by atoms with van der Waals surface area (Å²) in [5, 5.41) is 20.2. The van der Waals surface area contributed by atoms with Gasteiger partial charge in [0.15, 0.2) is 0 Å². The van der Waals surface area contributed by atoms with Crippen molar-refractivity contribution in [3.8, 4) is 0 Å². The fourth-order valence-corrected chi connectivity index (χ4v) is 5.62. The van der Waals surface area contributed by atoms with Crippen LogP contribution in [0.15, 0.2) is 12.2 Å². The minimum Gasteiger partial charge on any atom is -0.784 e. The molecule has 0 aromatic rings. The van der Waals surface area contributed by atoms with Crippen LogP contribution in [-0.4, -0.2) is 45.8 Å². The Hall–Kier alpha value is -1.60. The molecule has 2 fully saturated rings. The molecule has 1 heterocycles. The van der Waals surface area contributed by atoms with Crippen molar-refractivity contribution in [3.05, 3.63) is 17.4 Å². The highest BCUT2D eigenvalue weighted by Gasteiger charge is 2.44. The highest BCUT2D eigenvalue weighted by molar-refractivity contribution is 5.85. The number of hydroxylamine groups is 2. The molecule has 7 nitrogen and oxygen atoms in total. The first kappa shape index (κ1) is 28.6. The SMILES string of the molecule is CC(C)C[C@@H](/C=C/C1(C(=O)NC2CC(C)(C)N([O-])C(C)(C)C2)CCCC1)NC(=O)OC(C)(C)C. The van der Waals surface area contributed by atoms with Crippen LogP contribution >= 0.6 is 0 Å². The van der Waals surface area contributed by atoms with Crippen molar-refractivity contribution in [2.45, 2.75) is 136 Å². The van der Waals surface area contributed by atoms with E-state index in [0.29, 0.717) is 18.8 Å². The van der Waals surface area contributed by atoms with Gasteiger partial charge in [0, 0.05) is 17.1 Å². The first-order valence-electron chi connectivity index (χ1n) is 12.9. The maximum atomic E-state index is 13.6. The first-order valence-corrected chi connectivity index (χ1v) is 12.9. The summed E-state index contributed by atoms with van der Waals surface area (Å²) in [5.74, 6) is 0.414. The molecule has 2 amide bonds. The van der Waals surface area contributed by atoms with Gasteiger partial charge in [-0.2, -0.15) is 0 Å². The Bertz CT molecular complexity index is 727. The van der Waals surface area contributed by atoms with Crippen LogP contribution < -0.4 is 10.6 Å². The molecule has 0 aromatic carbocycles. The molecule has 1 aliphatic heterocycles. The molecule has 2 rings (SSSR count). The molecule has 1 aliphatic carbocycles. The maximum absolute atomic E-state index is 13.6. The molecule has 2 aliphatic rings. The van der Waals surface area contributed by atoms with E-state index in [1.54, 1.807) is 0 Å². The highest BCUT2D eigenvalue weighted by Crippen LogP contribution is 2.42. The standard InChI is InChI=1S/C27H48N3O4/c1-19(2)16-20(29-23(32)34-24(3,4)5)12-15-27(13-10-11-14-27)22(31)28-21-17-25(6,7)30(33)26(8,9)18-21/h12,15,19-21H,10-11,13-14,16-18H2,1-9H3,(H,28,31)(H,29,32)/q-1/b15-12+/t20-/m1/s1. The number of nitrogens with one attached hydrogen (secondary N) is 2. The third-order valence-electron chi connectivity index (χ3n) is 6.95. The van der Waals surface area contributed by atoms with Crippen LogP contribution in [-0.2, 0) is 9.53 Å². The molecule has 1 saturated heterocycles. The molecule has 0 aromatic heterocycles. The smallest absolute Gasteiger partial charge is 0.408 e. The van der Waals surface area contributed by atoms with Crippen molar-refractivity contribution in [2.75, 3.05) is 0 Å². The van der Waals surface area contributed by atoms with Gasteiger partial charge in [0.05, 0.1) is 11.5 Å². The zero-order valence-electron chi connectivity index (χ0n) is 22.9. The lowest BCUT2D eigenvalue weighted by atomic mass is 9.77. The normalized spacial score (nSPS) is 23.7. The minimum atomic E-state index is -0.576. The fraction of sp³-hybridized carbons (Fsp3) is 0.852. The van der Waals surface area contributed by atoms with Gasteiger partial charge in [-0.25, -0.2) is 4.79 Å². The van der Waals surface area contributed by atoms with Crippen molar-refractivity contribution < 1.29 is 14.3 Å². The van der Waals surface area contributed by atoms with Crippen molar-refractivity contribution in [3.63, 3.8) is 0 Å². The highest BCUT2D eigenvalue weighted by atomic mass is 16.6. The lowest BCUT2D eigenvalue weighted by Gasteiger charge is -2.60. The van der Waals surface area contributed by atoms with Crippen LogP contribution in [0.1, 0.15) is 107 Å². The van der Waals surface area contributed by atoms with E-state index in [1.807, 2.05) is 60.6 Å². The van der Waals surface area contributed by atoms with E-state index in [1.165, 1.54) is 5.06 Å². The van der Waals surface area contributed by atoms with Gasteiger partial charge >= 0.3 is 6.09 Å². The average Bonchev–Trinajstić information content (AvgIpc) is 3.12. The molecule has 196 valence electrons. The van der Waals surface area contributed by atoms with Gasteiger partial charge in [-0.05, 0) is 86.5 Å². The van der Waals surface area contributed by atoms with E-state index in [-0.39, 0.29) is 18.0 Å². The molecular weight excluding hydrogens is 430 g/mol. The number of ether oxygens (including phenoxy) is 1. The summed E-state index contributed by atoms with van der Waals surface area (Å²) in [6.45, 7) is 17.6. The second kappa shape index (κ2) is 10.6. The Morgan fingerprint density at radius 3 is 2.09 bits per heavy atom. The number of hydrogen-bond acceptors (Lipinski definition) is 5. The van der Waals surface area contributed by atoms with E-state index >= 15 is 0 Å². The van der Waals surface area contributed by atoms with Gasteiger partial charge in [-0.15, -0.1) is 0 Å². The van der Waals surface area contributed by atoms with E-state index in [4.69, 9.17) is 4.74 Å². The molecule has 0 unspecified atom stereocenters. The Balaban J connectivity index is 2.17. The lowest BCUT2D eigenvalue weighted by molar-refractivity contribution is -0.130. The van der Waals surface area contributed by atoms with Gasteiger partial charge in [-0.1, -0.05) is 38.8 Å². The summed E-state index contributed by atoms with van der Waals surface area (Å²) < 4.78 is 5.45. The van der Waals surface area contributed by atoms with Crippen LogP contribution in [0.2, 0.25) is 0 Å². The second-order valence-corrected chi connectivity index (χ2v) is 13.1. The van der Waals surface area contributed by atoms with Gasteiger partial charge < -0.3 is 25.6 Å². The number of rotatable bonds is 7. The van der Waals surface area contributed by atoms with E-state index < -0.39 is 28.2 Å². The number of alkyl carbamates (subject to hydrolysis) is 1.